The van der Waals surface area contributed by atoms with Crippen LogP contribution in [0.15, 0.2) is 24.4 Å². The molecule has 0 aliphatic heterocycles. The zero-order chi connectivity index (χ0) is 17.3. The summed E-state index contributed by atoms with van der Waals surface area (Å²) in [5.74, 6) is 0. The van der Waals surface area contributed by atoms with Crippen LogP contribution in [0.1, 0.15) is 11.1 Å². The molecule has 0 bridgehead atoms. The van der Waals surface area contributed by atoms with Crippen LogP contribution < -0.4 is 0 Å². The van der Waals surface area contributed by atoms with Gasteiger partial charge in [-0.05, 0) is 29.8 Å². The molecule has 7 heteroatoms. The summed E-state index contributed by atoms with van der Waals surface area (Å²) >= 11 is 3.29. The highest BCUT2D eigenvalue weighted by atomic mass is 79.9. The topological polar surface area (TPSA) is 14.2 Å². The van der Waals surface area contributed by atoms with Crippen LogP contribution in [0.5, 0.6) is 0 Å². The first-order valence-electron chi connectivity index (χ1n) is 7.44. The van der Waals surface area contributed by atoms with Crippen molar-refractivity contribution in [3.63, 3.8) is 0 Å². The second kappa shape index (κ2) is 6.99. The van der Waals surface area contributed by atoms with Crippen molar-refractivity contribution < 1.29 is 17.9 Å². The van der Waals surface area contributed by atoms with Gasteiger partial charge in [0, 0.05) is 31.6 Å². The number of hydrogen-bond acceptors (Lipinski definition) is 1. The van der Waals surface area contributed by atoms with Crippen LogP contribution in [-0.4, -0.2) is 19.2 Å². The highest BCUT2D eigenvalue weighted by Gasteiger charge is 2.31. The van der Waals surface area contributed by atoms with Crippen LogP contribution in [0, 0.1) is 0 Å². The van der Waals surface area contributed by atoms with Crippen molar-refractivity contribution in [2.24, 2.45) is 0 Å². The van der Waals surface area contributed by atoms with Crippen molar-refractivity contribution in [2.45, 2.75) is 43.9 Å². The fourth-order valence-electron chi connectivity index (χ4n) is 2.36. The average molecular weight is 408 g/mol. The summed E-state index contributed by atoms with van der Waals surface area (Å²) in [6.07, 6.45) is -2.55. The third-order valence-electron chi connectivity index (χ3n) is 3.64. The Hall–Kier alpha value is -0.793. The van der Waals surface area contributed by atoms with Crippen molar-refractivity contribution in [3.05, 3.63) is 35.5 Å². The van der Waals surface area contributed by atoms with E-state index in [4.69, 9.17) is 4.74 Å². The summed E-state index contributed by atoms with van der Waals surface area (Å²) in [6, 6.07) is 5.17. The zero-order valence-corrected chi connectivity index (χ0v) is 16.1. The van der Waals surface area contributed by atoms with Crippen LogP contribution in [0.25, 0.3) is 10.9 Å². The molecule has 0 saturated heterocycles. The molecule has 23 heavy (non-hydrogen) atoms. The third kappa shape index (κ3) is 4.84. The largest absolute Gasteiger partial charge is 0.416 e. The van der Waals surface area contributed by atoms with E-state index < -0.39 is 19.8 Å². The molecule has 0 fully saturated rings. The smallest absolute Gasteiger partial charge is 0.361 e. The molecular formula is C16H21BrF3NOSi. The number of ether oxygens (including phenoxy) is 1. The first-order valence-corrected chi connectivity index (χ1v) is 12.3. The molecule has 1 aromatic carbocycles. The second-order valence-corrected chi connectivity index (χ2v) is 13.0. The first-order chi connectivity index (χ1) is 10.6. The molecule has 0 spiro atoms. The van der Waals surface area contributed by atoms with Crippen LogP contribution in [-0.2, 0) is 23.0 Å². The predicted molar refractivity (Wildman–Crippen MR) is 93.7 cm³/mol. The maximum Gasteiger partial charge on any atom is 0.416 e. The Labute approximate surface area is 143 Å². The van der Waals surface area contributed by atoms with Gasteiger partial charge in [0.15, 0.2) is 0 Å². The molecule has 0 aliphatic rings. The van der Waals surface area contributed by atoms with Crippen LogP contribution in [0.3, 0.4) is 0 Å². The van der Waals surface area contributed by atoms with Crippen molar-refractivity contribution in [2.75, 3.05) is 6.61 Å². The van der Waals surface area contributed by atoms with E-state index in [1.54, 1.807) is 12.3 Å². The van der Waals surface area contributed by atoms with Gasteiger partial charge in [0.2, 0.25) is 0 Å². The lowest BCUT2D eigenvalue weighted by Crippen LogP contribution is -2.22. The lowest BCUT2D eigenvalue weighted by molar-refractivity contribution is -0.137. The number of benzene rings is 1. The number of fused-ring (bicyclic) bond motifs is 1. The summed E-state index contributed by atoms with van der Waals surface area (Å²) in [5, 5.41) is 0.954. The van der Waals surface area contributed by atoms with E-state index in [9.17, 15) is 13.2 Å². The highest BCUT2D eigenvalue weighted by molar-refractivity contribution is 9.08. The van der Waals surface area contributed by atoms with Gasteiger partial charge in [0.1, 0.15) is 6.73 Å². The lowest BCUT2D eigenvalue weighted by atomic mass is 10.1. The number of rotatable bonds is 6. The summed E-state index contributed by atoms with van der Waals surface area (Å²) in [6.45, 7) is 7.88. The van der Waals surface area contributed by atoms with E-state index in [0.29, 0.717) is 29.6 Å². The molecule has 0 aliphatic carbocycles. The molecule has 2 nitrogen and oxygen atoms in total. The highest BCUT2D eigenvalue weighted by Crippen LogP contribution is 2.34. The fraction of sp³-hybridized carbons (Fsp3) is 0.500. The molecular weight excluding hydrogens is 387 g/mol. The van der Waals surface area contributed by atoms with E-state index in [2.05, 4.69) is 35.6 Å². The molecule has 0 amide bonds. The normalized spacial score (nSPS) is 13.0. The number of hydrogen-bond donors (Lipinski definition) is 0. The van der Waals surface area contributed by atoms with Gasteiger partial charge in [-0.1, -0.05) is 35.6 Å². The number of nitrogens with zero attached hydrogens (tertiary/aromatic N) is 1. The van der Waals surface area contributed by atoms with Crippen molar-refractivity contribution >= 4 is 34.9 Å². The van der Waals surface area contributed by atoms with Gasteiger partial charge < -0.3 is 9.30 Å². The van der Waals surface area contributed by atoms with Crippen molar-refractivity contribution in [1.29, 1.82) is 0 Å². The lowest BCUT2D eigenvalue weighted by Gasteiger charge is -2.16. The molecule has 0 N–H and O–H groups in total. The molecule has 128 valence electrons. The molecule has 2 aromatic rings. The summed E-state index contributed by atoms with van der Waals surface area (Å²) in [4.78, 5) is 0. The number of alkyl halides is 4. The Morgan fingerprint density at radius 2 is 1.91 bits per heavy atom. The standard InChI is InChI=1S/C16H21BrF3NOSi/c1-23(2,3)7-6-22-11-21-5-4-12-8-14(16(18,19)20)9-13(10-17)15(12)21/h4-5,8-9H,6-7,10-11H2,1-3H3. The van der Waals surface area contributed by atoms with E-state index in [1.807, 2.05) is 4.57 Å². The van der Waals surface area contributed by atoms with E-state index >= 15 is 0 Å². The number of aromatic nitrogens is 1. The van der Waals surface area contributed by atoms with Crippen LogP contribution >= 0.6 is 15.9 Å². The maximum absolute atomic E-state index is 13.0. The van der Waals surface area contributed by atoms with Gasteiger partial charge in [-0.3, -0.25) is 0 Å². The predicted octanol–water partition coefficient (Wildman–Crippen LogP) is 5.87. The van der Waals surface area contributed by atoms with Crippen LogP contribution in [0.4, 0.5) is 13.2 Å². The van der Waals surface area contributed by atoms with E-state index in [1.165, 1.54) is 12.1 Å². The van der Waals surface area contributed by atoms with Crippen molar-refractivity contribution in [1.82, 2.24) is 4.57 Å². The van der Waals surface area contributed by atoms with Crippen LogP contribution in [0.2, 0.25) is 25.7 Å². The Balaban J connectivity index is 2.22. The minimum absolute atomic E-state index is 0.360. The Bertz CT molecular complexity index is 676. The van der Waals surface area contributed by atoms with Gasteiger partial charge in [0.05, 0.1) is 11.1 Å². The Morgan fingerprint density at radius 3 is 2.48 bits per heavy atom. The van der Waals surface area contributed by atoms with Gasteiger partial charge >= 0.3 is 6.18 Å². The van der Waals surface area contributed by atoms with Gasteiger partial charge in [-0.15, -0.1) is 0 Å². The summed E-state index contributed by atoms with van der Waals surface area (Å²) < 4.78 is 46.5. The first kappa shape index (κ1) is 18.5. The molecule has 2 rings (SSSR count). The molecule has 0 saturated carbocycles. The summed E-state index contributed by atoms with van der Waals surface area (Å²) in [5.41, 5.74) is 0.799. The minimum atomic E-state index is -4.33. The fourth-order valence-corrected chi connectivity index (χ4v) is 3.54. The molecule has 1 aromatic heterocycles. The zero-order valence-electron chi connectivity index (χ0n) is 13.5. The Morgan fingerprint density at radius 1 is 1.22 bits per heavy atom. The molecule has 1 heterocycles. The average Bonchev–Trinajstić information content (AvgIpc) is 2.84. The van der Waals surface area contributed by atoms with Crippen molar-refractivity contribution in [3.8, 4) is 0 Å². The molecule has 0 atom stereocenters. The SMILES string of the molecule is C[Si](C)(C)CCOCn1ccc2cc(C(F)(F)F)cc(CBr)c21. The quantitative estimate of drug-likeness (QED) is 0.331. The second-order valence-electron chi connectivity index (χ2n) is 6.84. The third-order valence-corrected chi connectivity index (χ3v) is 5.95. The van der Waals surface area contributed by atoms with Gasteiger partial charge in [-0.2, -0.15) is 13.2 Å². The van der Waals surface area contributed by atoms with Gasteiger partial charge in [0.25, 0.3) is 0 Å². The van der Waals surface area contributed by atoms with E-state index in [-0.39, 0.29) is 0 Å². The van der Waals surface area contributed by atoms with E-state index in [0.717, 1.165) is 11.6 Å². The number of halogens is 4. The molecule has 0 radical (unpaired) electrons. The van der Waals surface area contributed by atoms with Gasteiger partial charge in [-0.25, -0.2) is 0 Å². The molecule has 0 unspecified atom stereocenters. The Kier molecular flexibility index (Phi) is 5.63. The maximum atomic E-state index is 13.0. The minimum Gasteiger partial charge on any atom is -0.361 e. The monoisotopic (exact) mass is 407 g/mol. The summed E-state index contributed by atoms with van der Waals surface area (Å²) in [7, 11) is -1.15.